The van der Waals surface area contributed by atoms with Gasteiger partial charge in [-0.05, 0) is 51.4 Å². The molecule has 92 valence electrons. The lowest BCUT2D eigenvalue weighted by atomic mass is 9.77. The van der Waals surface area contributed by atoms with Gasteiger partial charge in [-0.15, -0.1) is 0 Å². The third-order valence-electron chi connectivity index (χ3n) is 3.57. The van der Waals surface area contributed by atoms with E-state index in [1.165, 1.54) is 5.57 Å². The maximum atomic E-state index is 10.5. The summed E-state index contributed by atoms with van der Waals surface area (Å²) in [5.41, 5.74) is 0.938. The van der Waals surface area contributed by atoms with Crippen molar-refractivity contribution < 1.29 is 5.11 Å². The van der Waals surface area contributed by atoms with E-state index in [0.717, 1.165) is 25.7 Å². The summed E-state index contributed by atoms with van der Waals surface area (Å²) in [6.45, 7) is 8.50. The number of allylic oxidation sites excluding steroid dienone is 3. The molecule has 0 saturated heterocycles. The number of rotatable bonds is 4. The second-order valence-corrected chi connectivity index (χ2v) is 5.76. The summed E-state index contributed by atoms with van der Waals surface area (Å²) in [4.78, 5) is 0. The van der Waals surface area contributed by atoms with Gasteiger partial charge < -0.3 is 5.11 Å². The average Bonchev–Trinajstić information content (AvgIpc) is 2.17. The highest BCUT2D eigenvalue weighted by atomic mass is 16.3. The Morgan fingerprint density at radius 3 is 2.75 bits per heavy atom. The SMILES string of the molecule is CC1=CCC(C(C)(O)C/C=C/C(C)C)CC1. The zero-order valence-electron chi connectivity index (χ0n) is 11.2. The van der Waals surface area contributed by atoms with Crippen LogP contribution in [0.5, 0.6) is 0 Å². The van der Waals surface area contributed by atoms with E-state index in [1.807, 2.05) is 6.92 Å². The minimum atomic E-state index is -0.539. The summed E-state index contributed by atoms with van der Waals surface area (Å²) in [5.74, 6) is 0.998. The topological polar surface area (TPSA) is 20.2 Å². The predicted molar refractivity (Wildman–Crippen MR) is 70.3 cm³/mol. The summed E-state index contributed by atoms with van der Waals surface area (Å²) < 4.78 is 0. The van der Waals surface area contributed by atoms with Gasteiger partial charge in [-0.3, -0.25) is 0 Å². The molecule has 0 aromatic rings. The number of aliphatic hydroxyl groups is 1. The molecule has 16 heavy (non-hydrogen) atoms. The van der Waals surface area contributed by atoms with Crippen molar-refractivity contribution in [3.63, 3.8) is 0 Å². The van der Waals surface area contributed by atoms with Gasteiger partial charge in [-0.25, -0.2) is 0 Å². The van der Waals surface area contributed by atoms with Gasteiger partial charge in [0.05, 0.1) is 5.60 Å². The predicted octanol–water partition coefficient (Wildman–Crippen LogP) is 4.09. The van der Waals surface area contributed by atoms with Gasteiger partial charge in [0.1, 0.15) is 0 Å². The largest absolute Gasteiger partial charge is 0.390 e. The molecule has 2 unspecified atom stereocenters. The minimum Gasteiger partial charge on any atom is -0.390 e. The van der Waals surface area contributed by atoms with Crippen molar-refractivity contribution in [1.29, 1.82) is 0 Å². The smallest absolute Gasteiger partial charge is 0.0685 e. The highest BCUT2D eigenvalue weighted by molar-refractivity contribution is 5.06. The molecule has 1 aliphatic carbocycles. The van der Waals surface area contributed by atoms with Crippen molar-refractivity contribution in [1.82, 2.24) is 0 Å². The summed E-state index contributed by atoms with van der Waals surface area (Å²) in [6, 6.07) is 0. The van der Waals surface area contributed by atoms with Crippen LogP contribution in [-0.2, 0) is 0 Å². The van der Waals surface area contributed by atoms with Crippen LogP contribution in [0.15, 0.2) is 23.8 Å². The first-order chi connectivity index (χ1) is 7.42. The van der Waals surface area contributed by atoms with Gasteiger partial charge in [0, 0.05) is 0 Å². The Morgan fingerprint density at radius 2 is 2.25 bits per heavy atom. The fourth-order valence-corrected chi connectivity index (χ4v) is 2.28. The third kappa shape index (κ3) is 4.13. The normalized spacial score (nSPS) is 25.9. The van der Waals surface area contributed by atoms with Gasteiger partial charge in [0.15, 0.2) is 0 Å². The lowest BCUT2D eigenvalue weighted by molar-refractivity contribution is -0.00268. The van der Waals surface area contributed by atoms with E-state index in [1.54, 1.807) is 0 Å². The molecule has 0 aromatic heterocycles. The van der Waals surface area contributed by atoms with Gasteiger partial charge >= 0.3 is 0 Å². The molecular weight excluding hydrogens is 196 g/mol. The van der Waals surface area contributed by atoms with Crippen LogP contribution in [-0.4, -0.2) is 10.7 Å². The Kier molecular flexibility index (Phi) is 4.79. The lowest BCUT2D eigenvalue weighted by Gasteiger charge is -2.34. The van der Waals surface area contributed by atoms with E-state index in [-0.39, 0.29) is 0 Å². The first kappa shape index (κ1) is 13.5. The molecule has 1 nitrogen and oxygen atoms in total. The molecule has 1 N–H and O–H groups in total. The molecule has 0 fully saturated rings. The Balaban J connectivity index is 2.50. The molecule has 0 amide bonds. The second kappa shape index (κ2) is 5.67. The van der Waals surface area contributed by atoms with Crippen LogP contribution < -0.4 is 0 Å². The van der Waals surface area contributed by atoms with Crippen molar-refractivity contribution >= 4 is 0 Å². The molecule has 0 radical (unpaired) electrons. The maximum Gasteiger partial charge on any atom is 0.0685 e. The molecule has 0 heterocycles. The zero-order chi connectivity index (χ0) is 12.2. The minimum absolute atomic E-state index is 0.424. The standard InChI is InChI=1S/C15H26O/c1-12(2)6-5-11-15(4,16)14-9-7-13(3)8-10-14/h5-7,12,14,16H,8-11H2,1-4H3/b6-5+. The highest BCUT2D eigenvalue weighted by Crippen LogP contribution is 2.34. The molecule has 0 bridgehead atoms. The van der Waals surface area contributed by atoms with Gasteiger partial charge in [-0.1, -0.05) is 37.6 Å². The van der Waals surface area contributed by atoms with Crippen LogP contribution in [0.1, 0.15) is 53.4 Å². The number of hydrogen-bond acceptors (Lipinski definition) is 1. The van der Waals surface area contributed by atoms with Crippen LogP contribution in [0, 0.1) is 11.8 Å². The van der Waals surface area contributed by atoms with Crippen LogP contribution in [0.25, 0.3) is 0 Å². The molecule has 1 heteroatoms. The molecule has 0 aromatic carbocycles. The van der Waals surface area contributed by atoms with E-state index in [9.17, 15) is 5.11 Å². The molecule has 2 atom stereocenters. The summed E-state index contributed by atoms with van der Waals surface area (Å²) in [5, 5.41) is 10.5. The molecular formula is C15H26O. The molecule has 0 spiro atoms. The average molecular weight is 222 g/mol. The van der Waals surface area contributed by atoms with Gasteiger partial charge in [-0.2, -0.15) is 0 Å². The van der Waals surface area contributed by atoms with E-state index in [2.05, 4.69) is 39.0 Å². The van der Waals surface area contributed by atoms with E-state index in [0.29, 0.717) is 11.8 Å². The second-order valence-electron chi connectivity index (χ2n) is 5.76. The highest BCUT2D eigenvalue weighted by Gasteiger charge is 2.30. The molecule has 0 aliphatic heterocycles. The fourth-order valence-electron chi connectivity index (χ4n) is 2.28. The summed E-state index contributed by atoms with van der Waals surface area (Å²) in [6.07, 6.45) is 10.7. The van der Waals surface area contributed by atoms with Gasteiger partial charge in [0.25, 0.3) is 0 Å². The summed E-state index contributed by atoms with van der Waals surface area (Å²) in [7, 11) is 0. The molecule has 0 saturated carbocycles. The first-order valence-electron chi connectivity index (χ1n) is 6.46. The van der Waals surface area contributed by atoms with Crippen LogP contribution >= 0.6 is 0 Å². The molecule has 1 aliphatic rings. The zero-order valence-corrected chi connectivity index (χ0v) is 11.2. The van der Waals surface area contributed by atoms with Crippen LogP contribution in [0.4, 0.5) is 0 Å². The molecule has 1 rings (SSSR count). The first-order valence-corrected chi connectivity index (χ1v) is 6.46. The summed E-state index contributed by atoms with van der Waals surface area (Å²) >= 11 is 0. The Labute approximate surface area is 100 Å². The Hall–Kier alpha value is -0.560. The van der Waals surface area contributed by atoms with Crippen LogP contribution in [0.3, 0.4) is 0 Å². The third-order valence-corrected chi connectivity index (χ3v) is 3.57. The van der Waals surface area contributed by atoms with E-state index in [4.69, 9.17) is 0 Å². The van der Waals surface area contributed by atoms with Crippen molar-refractivity contribution in [2.24, 2.45) is 11.8 Å². The van der Waals surface area contributed by atoms with Gasteiger partial charge in [0.2, 0.25) is 0 Å². The Morgan fingerprint density at radius 1 is 1.56 bits per heavy atom. The quantitative estimate of drug-likeness (QED) is 0.710. The van der Waals surface area contributed by atoms with E-state index < -0.39 is 5.60 Å². The maximum absolute atomic E-state index is 10.5. The van der Waals surface area contributed by atoms with Crippen LogP contribution in [0.2, 0.25) is 0 Å². The monoisotopic (exact) mass is 222 g/mol. The van der Waals surface area contributed by atoms with Crippen molar-refractivity contribution in [2.45, 2.75) is 59.0 Å². The Bertz CT molecular complexity index is 271. The lowest BCUT2D eigenvalue weighted by Crippen LogP contribution is -2.34. The van der Waals surface area contributed by atoms with Crippen molar-refractivity contribution in [2.75, 3.05) is 0 Å². The number of hydrogen-bond donors (Lipinski definition) is 1. The van der Waals surface area contributed by atoms with E-state index >= 15 is 0 Å². The van der Waals surface area contributed by atoms with Crippen molar-refractivity contribution in [3.8, 4) is 0 Å². The fraction of sp³-hybridized carbons (Fsp3) is 0.733. The van der Waals surface area contributed by atoms with Crippen molar-refractivity contribution in [3.05, 3.63) is 23.8 Å².